The molecule has 2 aromatic carbocycles. The van der Waals surface area contributed by atoms with Crippen molar-refractivity contribution in [2.24, 2.45) is 29.4 Å². The summed E-state index contributed by atoms with van der Waals surface area (Å²) >= 11 is 0. The van der Waals surface area contributed by atoms with Crippen molar-refractivity contribution in [2.75, 3.05) is 14.1 Å². The molecule has 0 heterocycles. The zero-order valence-electron chi connectivity index (χ0n) is 22.4. The van der Waals surface area contributed by atoms with Crippen LogP contribution >= 0.6 is 0 Å². The molecule has 8 atom stereocenters. The predicted octanol–water partition coefficient (Wildman–Crippen LogP) is 0.708. The number of carbonyl (C=O) groups is 5. The van der Waals surface area contributed by atoms with Crippen molar-refractivity contribution in [3.05, 3.63) is 64.5 Å². The van der Waals surface area contributed by atoms with Crippen molar-refractivity contribution >= 4 is 41.2 Å². The van der Waals surface area contributed by atoms with Crippen LogP contribution in [0.5, 0.6) is 5.75 Å². The molecule has 1 amide bonds. The molecule has 5 rings (SSSR count). The number of halogens is 1. The van der Waals surface area contributed by atoms with E-state index in [0.29, 0.717) is 11.1 Å². The monoisotopic (exact) mass is 564 g/mol. The number of benzene rings is 2. The Hall–Kier alpha value is -4.06. The molecule has 3 aliphatic rings. The number of aliphatic hydroxyl groups is 2. The largest absolute Gasteiger partial charge is 0.507 e. The Labute approximate surface area is 234 Å². The number of fused-ring (bicyclic) bond motifs is 3. The van der Waals surface area contributed by atoms with E-state index in [-0.39, 0.29) is 11.1 Å². The van der Waals surface area contributed by atoms with Crippen LogP contribution in [0.25, 0.3) is 12.2 Å². The van der Waals surface area contributed by atoms with Gasteiger partial charge in [-0.05, 0) is 43.3 Å². The van der Waals surface area contributed by atoms with Crippen LogP contribution < -0.4 is 5.73 Å². The van der Waals surface area contributed by atoms with E-state index in [1.165, 1.54) is 49.3 Å². The topological polar surface area (TPSA) is 175 Å². The summed E-state index contributed by atoms with van der Waals surface area (Å²) in [7, 11) is 2.87. The molecule has 2 saturated carbocycles. The number of phenolic OH excluding ortho intramolecular Hbond substituents is 1. The highest BCUT2D eigenvalue weighted by atomic mass is 19.1. The summed E-state index contributed by atoms with van der Waals surface area (Å²) in [6, 6.07) is 7.28. The summed E-state index contributed by atoms with van der Waals surface area (Å²) in [4.78, 5) is 68.0. The number of nitrogens with zero attached hydrogens (tertiary/aromatic N) is 1. The van der Waals surface area contributed by atoms with Crippen LogP contribution in [0.3, 0.4) is 0 Å². The van der Waals surface area contributed by atoms with Crippen LogP contribution in [0.4, 0.5) is 4.39 Å². The number of carbonyl (C=O) groups excluding carboxylic acids is 5. The number of ketones is 4. The first-order chi connectivity index (χ1) is 19.2. The molecule has 41 heavy (non-hydrogen) atoms. The maximum absolute atomic E-state index is 14.0. The maximum Gasteiger partial charge on any atom is 0.235 e. The van der Waals surface area contributed by atoms with Crippen molar-refractivity contribution in [1.29, 1.82) is 0 Å². The van der Waals surface area contributed by atoms with E-state index in [2.05, 4.69) is 0 Å². The molecular weight excluding hydrogens is 535 g/mol. The number of nitrogens with two attached hydrogens (primary N) is 1. The zero-order chi connectivity index (χ0) is 30.1. The molecule has 5 N–H and O–H groups in total. The van der Waals surface area contributed by atoms with Gasteiger partial charge >= 0.3 is 0 Å². The number of hydrogen-bond donors (Lipinski definition) is 4. The minimum atomic E-state index is -3.05. The molecule has 0 saturated heterocycles. The van der Waals surface area contributed by atoms with E-state index in [1.54, 1.807) is 25.1 Å². The first kappa shape index (κ1) is 28.5. The lowest BCUT2D eigenvalue weighted by molar-refractivity contribution is -0.196. The van der Waals surface area contributed by atoms with Crippen LogP contribution in [0.1, 0.15) is 39.9 Å². The first-order valence-electron chi connectivity index (χ1n) is 13.1. The summed E-state index contributed by atoms with van der Waals surface area (Å²) < 4.78 is 13.2. The number of primary amides is 1. The minimum absolute atomic E-state index is 0.197. The molecule has 2 fully saturated rings. The number of aliphatic hydroxyl groups excluding tert-OH is 1. The van der Waals surface area contributed by atoms with Gasteiger partial charge in [-0.1, -0.05) is 43.3 Å². The number of hydrogen-bond acceptors (Lipinski definition) is 9. The average molecular weight is 565 g/mol. The summed E-state index contributed by atoms with van der Waals surface area (Å²) in [5, 5.41) is 34.5. The van der Waals surface area contributed by atoms with E-state index >= 15 is 0 Å². The van der Waals surface area contributed by atoms with Gasteiger partial charge in [0, 0.05) is 11.5 Å². The van der Waals surface area contributed by atoms with Crippen molar-refractivity contribution in [3.63, 3.8) is 0 Å². The van der Waals surface area contributed by atoms with E-state index in [1.807, 2.05) is 0 Å². The molecule has 0 bridgehead atoms. The third-order valence-corrected chi connectivity index (χ3v) is 8.85. The van der Waals surface area contributed by atoms with Crippen LogP contribution in [0, 0.1) is 29.5 Å². The minimum Gasteiger partial charge on any atom is -0.507 e. The Morgan fingerprint density at radius 2 is 1.66 bits per heavy atom. The number of aromatic hydroxyl groups is 1. The number of phenols is 1. The zero-order valence-corrected chi connectivity index (χ0v) is 22.4. The van der Waals surface area contributed by atoms with E-state index < -0.39 is 87.9 Å². The van der Waals surface area contributed by atoms with Gasteiger partial charge < -0.3 is 21.1 Å². The number of amides is 1. The van der Waals surface area contributed by atoms with Crippen molar-refractivity contribution in [3.8, 4) is 5.75 Å². The molecule has 0 spiro atoms. The molecule has 0 radical (unpaired) electrons. The van der Waals surface area contributed by atoms with Gasteiger partial charge in [-0.2, -0.15) is 0 Å². The highest BCUT2D eigenvalue weighted by Gasteiger charge is 2.72. The molecular formula is C30H29FN2O8. The van der Waals surface area contributed by atoms with E-state index in [4.69, 9.17) is 5.73 Å². The van der Waals surface area contributed by atoms with Gasteiger partial charge in [0.2, 0.25) is 5.91 Å². The van der Waals surface area contributed by atoms with Gasteiger partial charge in [0.25, 0.3) is 0 Å². The quantitative estimate of drug-likeness (QED) is 0.308. The lowest BCUT2D eigenvalue weighted by atomic mass is 9.49. The number of Topliss-reactive ketones (excluding diaryl/α,β-unsaturated/α-hetero) is 4. The van der Waals surface area contributed by atoms with Gasteiger partial charge in [-0.15, -0.1) is 0 Å². The van der Waals surface area contributed by atoms with Gasteiger partial charge in [0.05, 0.1) is 29.5 Å². The molecule has 214 valence electrons. The van der Waals surface area contributed by atoms with Crippen molar-refractivity contribution in [1.82, 2.24) is 4.90 Å². The van der Waals surface area contributed by atoms with Gasteiger partial charge in [-0.3, -0.25) is 28.9 Å². The van der Waals surface area contributed by atoms with Crippen molar-refractivity contribution < 1.29 is 43.7 Å². The molecule has 0 aromatic heterocycles. The first-order valence-corrected chi connectivity index (χ1v) is 13.1. The molecule has 3 aliphatic carbocycles. The van der Waals surface area contributed by atoms with E-state index in [9.17, 15) is 43.7 Å². The third-order valence-electron chi connectivity index (χ3n) is 8.85. The SMILES string of the molecule is CC1c2ccc(/C=C/c3ccc(F)cc3)c(O)c2C(=O)C2C(=O)C3(O)C(=O)C(C(N)=O)C(=O)C(N(C)C)C3C(O)C21. The lowest BCUT2D eigenvalue weighted by Gasteiger charge is -2.56. The predicted molar refractivity (Wildman–Crippen MR) is 143 cm³/mol. The fraction of sp³-hybridized carbons (Fsp3) is 0.367. The fourth-order valence-corrected chi connectivity index (χ4v) is 6.90. The second-order valence-electron chi connectivity index (χ2n) is 11.2. The number of rotatable bonds is 4. The summed E-state index contributed by atoms with van der Waals surface area (Å²) in [5.74, 6) is -14.2. The average Bonchev–Trinajstić information content (AvgIpc) is 2.90. The summed E-state index contributed by atoms with van der Waals surface area (Å²) in [6.07, 6.45) is 1.40. The Morgan fingerprint density at radius 3 is 2.24 bits per heavy atom. The van der Waals surface area contributed by atoms with E-state index in [0.717, 1.165) is 0 Å². The highest BCUT2D eigenvalue weighted by molar-refractivity contribution is 6.32. The summed E-state index contributed by atoms with van der Waals surface area (Å²) in [5.41, 5.74) is 3.25. The Kier molecular flexibility index (Phi) is 6.80. The Balaban J connectivity index is 1.63. The maximum atomic E-state index is 14.0. The van der Waals surface area contributed by atoms with Crippen LogP contribution in [-0.4, -0.2) is 81.1 Å². The third kappa shape index (κ3) is 3.98. The molecule has 2 aromatic rings. The van der Waals surface area contributed by atoms with Crippen LogP contribution in [0.2, 0.25) is 0 Å². The molecule has 10 nitrogen and oxygen atoms in total. The van der Waals surface area contributed by atoms with Gasteiger partial charge in [0.15, 0.2) is 34.7 Å². The highest BCUT2D eigenvalue weighted by Crippen LogP contribution is 2.54. The normalized spacial score (nSPS) is 33.1. The standard InChI is InChI=1S/C30H29FN2O8/c1-12-16-11-8-14(7-4-13-5-9-15(31)10-6-13)23(34)18(16)24(35)19-17(12)25(36)21-22(33(2)3)26(37)20(29(32)40)28(39)30(21,41)27(19)38/h4-12,17,19-22,25,34,36,41H,1-3H3,(H2,32,40)/b7-4+. The van der Waals surface area contributed by atoms with Crippen LogP contribution in [-0.2, 0) is 19.2 Å². The second kappa shape index (κ2) is 9.79. The van der Waals surface area contributed by atoms with Gasteiger partial charge in [-0.25, -0.2) is 4.39 Å². The smallest absolute Gasteiger partial charge is 0.235 e. The lowest BCUT2D eigenvalue weighted by Crippen LogP contribution is -2.77. The Morgan fingerprint density at radius 1 is 1.02 bits per heavy atom. The fourth-order valence-electron chi connectivity index (χ4n) is 6.90. The van der Waals surface area contributed by atoms with Crippen molar-refractivity contribution in [2.45, 2.75) is 30.6 Å². The number of likely N-dealkylation sites (N-methyl/N-ethyl adjacent to an activating group) is 1. The second-order valence-corrected chi connectivity index (χ2v) is 11.2. The molecule has 8 unspecified atom stereocenters. The van der Waals surface area contributed by atoms with Crippen LogP contribution in [0.15, 0.2) is 36.4 Å². The summed E-state index contributed by atoms with van der Waals surface area (Å²) in [6.45, 7) is 1.64. The Bertz CT molecular complexity index is 1530. The molecule has 0 aliphatic heterocycles. The van der Waals surface area contributed by atoms with Gasteiger partial charge in [0.1, 0.15) is 11.6 Å². The molecule has 11 heteroatoms.